The zero-order chi connectivity index (χ0) is 19.1. The summed E-state index contributed by atoms with van der Waals surface area (Å²) in [6, 6.07) is 11.3. The highest BCUT2D eigenvalue weighted by atomic mass is 19.1. The smallest absolute Gasteiger partial charge is 0.238 e. The molecule has 0 spiro atoms. The molecule has 0 unspecified atom stereocenters. The van der Waals surface area contributed by atoms with E-state index in [0.29, 0.717) is 49.3 Å². The molecule has 144 valence electrons. The number of nitrogens with zero attached hydrogens (tertiary/aromatic N) is 1. The first-order valence-electron chi connectivity index (χ1n) is 8.86. The number of rotatable bonds is 7. The van der Waals surface area contributed by atoms with Crippen molar-refractivity contribution < 1.29 is 23.4 Å². The molecule has 1 aliphatic heterocycles. The molecule has 0 aromatic heterocycles. The van der Waals surface area contributed by atoms with Gasteiger partial charge in [-0.05, 0) is 31.3 Å². The number of amides is 1. The van der Waals surface area contributed by atoms with Crippen molar-refractivity contribution in [3.63, 3.8) is 0 Å². The number of carbonyl (C=O) groups is 1. The molecule has 1 amide bonds. The quantitative estimate of drug-likeness (QED) is 0.808. The van der Waals surface area contributed by atoms with Crippen LogP contribution in [-0.2, 0) is 4.79 Å². The van der Waals surface area contributed by atoms with Crippen LogP contribution in [-0.4, -0.2) is 50.8 Å². The van der Waals surface area contributed by atoms with Crippen LogP contribution in [0, 0.1) is 5.82 Å². The van der Waals surface area contributed by atoms with E-state index in [1.807, 2.05) is 11.9 Å². The molecule has 6 nitrogen and oxygen atoms in total. The fourth-order valence-electron chi connectivity index (χ4n) is 2.64. The summed E-state index contributed by atoms with van der Waals surface area (Å²) in [5.41, 5.74) is 0.661. The van der Waals surface area contributed by atoms with E-state index in [-0.39, 0.29) is 18.3 Å². The standard InChI is InChI=1S/C20H23FN2O4/c1-23(8-11-25-17-5-2-4-15(21)12-17)14-20(24)22-16-6-7-18-19(13-16)27-10-3-9-26-18/h2,4-7,12-13H,3,8-11,14H2,1H3,(H,22,24). The molecule has 1 aliphatic rings. The largest absolute Gasteiger partial charge is 0.492 e. The van der Waals surface area contributed by atoms with Gasteiger partial charge in [-0.3, -0.25) is 9.69 Å². The lowest BCUT2D eigenvalue weighted by molar-refractivity contribution is -0.117. The molecule has 1 N–H and O–H groups in total. The number of hydrogen-bond donors (Lipinski definition) is 1. The van der Waals surface area contributed by atoms with Gasteiger partial charge in [-0.25, -0.2) is 4.39 Å². The highest BCUT2D eigenvalue weighted by Gasteiger charge is 2.13. The average Bonchev–Trinajstić information content (AvgIpc) is 2.86. The summed E-state index contributed by atoms with van der Waals surface area (Å²) in [4.78, 5) is 14.1. The van der Waals surface area contributed by atoms with Gasteiger partial charge in [-0.15, -0.1) is 0 Å². The molecule has 0 radical (unpaired) electrons. The van der Waals surface area contributed by atoms with Crippen molar-refractivity contribution in [2.24, 2.45) is 0 Å². The van der Waals surface area contributed by atoms with Crippen LogP contribution < -0.4 is 19.5 Å². The molecule has 7 heteroatoms. The highest BCUT2D eigenvalue weighted by Crippen LogP contribution is 2.32. The molecular weight excluding hydrogens is 351 g/mol. The minimum atomic E-state index is -0.338. The molecule has 27 heavy (non-hydrogen) atoms. The second-order valence-corrected chi connectivity index (χ2v) is 6.30. The molecule has 2 aromatic carbocycles. The Morgan fingerprint density at radius 1 is 1.19 bits per heavy atom. The maximum atomic E-state index is 13.1. The van der Waals surface area contributed by atoms with Gasteiger partial charge in [0.25, 0.3) is 0 Å². The van der Waals surface area contributed by atoms with Crippen LogP contribution in [0.3, 0.4) is 0 Å². The van der Waals surface area contributed by atoms with Crippen LogP contribution in [0.15, 0.2) is 42.5 Å². The molecule has 1 heterocycles. The van der Waals surface area contributed by atoms with Crippen molar-refractivity contribution in [2.45, 2.75) is 6.42 Å². The van der Waals surface area contributed by atoms with Crippen LogP contribution in [0.2, 0.25) is 0 Å². The summed E-state index contributed by atoms with van der Waals surface area (Å²) in [5, 5.41) is 2.85. The third-order valence-corrected chi connectivity index (χ3v) is 3.98. The summed E-state index contributed by atoms with van der Waals surface area (Å²) >= 11 is 0. The number of benzene rings is 2. The number of nitrogens with one attached hydrogen (secondary N) is 1. The van der Waals surface area contributed by atoms with Crippen molar-refractivity contribution in [1.29, 1.82) is 0 Å². The van der Waals surface area contributed by atoms with Crippen LogP contribution in [0.25, 0.3) is 0 Å². The molecule has 0 fully saturated rings. The predicted molar refractivity (Wildman–Crippen MR) is 100 cm³/mol. The Morgan fingerprint density at radius 3 is 2.81 bits per heavy atom. The number of ether oxygens (including phenoxy) is 3. The van der Waals surface area contributed by atoms with Crippen LogP contribution in [0.1, 0.15) is 6.42 Å². The van der Waals surface area contributed by atoms with Crippen molar-refractivity contribution >= 4 is 11.6 Å². The molecule has 0 bridgehead atoms. The van der Waals surface area contributed by atoms with Gasteiger partial charge in [0.1, 0.15) is 18.2 Å². The van der Waals surface area contributed by atoms with E-state index in [9.17, 15) is 9.18 Å². The fraction of sp³-hybridized carbons (Fsp3) is 0.350. The first kappa shape index (κ1) is 19.0. The van der Waals surface area contributed by atoms with Gasteiger partial charge < -0.3 is 19.5 Å². The minimum Gasteiger partial charge on any atom is -0.492 e. The van der Waals surface area contributed by atoms with Crippen LogP contribution in [0.4, 0.5) is 10.1 Å². The van der Waals surface area contributed by atoms with E-state index in [0.717, 1.165) is 6.42 Å². The SMILES string of the molecule is CN(CCOc1cccc(F)c1)CC(=O)Nc1ccc2c(c1)OCCCO2. The topological polar surface area (TPSA) is 60.0 Å². The van der Waals surface area contributed by atoms with E-state index in [2.05, 4.69) is 5.32 Å². The predicted octanol–water partition coefficient (Wildman–Crippen LogP) is 2.94. The Hall–Kier alpha value is -2.80. The average molecular weight is 374 g/mol. The van der Waals surface area contributed by atoms with Gasteiger partial charge in [0.05, 0.1) is 19.8 Å². The maximum absolute atomic E-state index is 13.1. The van der Waals surface area contributed by atoms with E-state index in [1.165, 1.54) is 12.1 Å². The number of fused-ring (bicyclic) bond motifs is 1. The minimum absolute atomic E-state index is 0.141. The molecule has 0 saturated carbocycles. The zero-order valence-electron chi connectivity index (χ0n) is 15.2. The summed E-state index contributed by atoms with van der Waals surface area (Å²) in [5.74, 6) is 1.33. The molecule has 0 aliphatic carbocycles. The van der Waals surface area contributed by atoms with Gasteiger partial charge in [-0.2, -0.15) is 0 Å². The van der Waals surface area contributed by atoms with Crippen molar-refractivity contribution in [2.75, 3.05) is 45.3 Å². The maximum Gasteiger partial charge on any atom is 0.238 e. The Balaban J connectivity index is 1.44. The first-order valence-corrected chi connectivity index (χ1v) is 8.86. The first-order chi connectivity index (χ1) is 13.1. The van der Waals surface area contributed by atoms with Crippen molar-refractivity contribution in [3.05, 3.63) is 48.3 Å². The van der Waals surface area contributed by atoms with Gasteiger partial charge >= 0.3 is 0 Å². The summed E-state index contributed by atoms with van der Waals surface area (Å²) in [7, 11) is 1.82. The monoisotopic (exact) mass is 374 g/mol. The third-order valence-electron chi connectivity index (χ3n) is 3.98. The van der Waals surface area contributed by atoms with Crippen molar-refractivity contribution in [3.8, 4) is 17.2 Å². The summed E-state index contributed by atoms with van der Waals surface area (Å²) in [6.45, 7) is 2.32. The van der Waals surface area contributed by atoms with E-state index in [4.69, 9.17) is 14.2 Å². The number of anilines is 1. The second-order valence-electron chi connectivity index (χ2n) is 6.30. The van der Waals surface area contributed by atoms with Crippen LogP contribution in [0.5, 0.6) is 17.2 Å². The van der Waals surface area contributed by atoms with Gasteiger partial charge in [0.15, 0.2) is 11.5 Å². The molecule has 3 rings (SSSR count). The second kappa shape index (κ2) is 9.23. The highest BCUT2D eigenvalue weighted by molar-refractivity contribution is 5.92. The van der Waals surface area contributed by atoms with E-state index >= 15 is 0 Å². The fourth-order valence-corrected chi connectivity index (χ4v) is 2.64. The Kier molecular flexibility index (Phi) is 6.49. The van der Waals surface area contributed by atoms with Gasteiger partial charge in [0, 0.05) is 30.8 Å². The normalized spacial score (nSPS) is 13.1. The Bertz CT molecular complexity index is 784. The lowest BCUT2D eigenvalue weighted by Crippen LogP contribution is -2.33. The third kappa shape index (κ3) is 5.86. The number of hydrogen-bond acceptors (Lipinski definition) is 5. The summed E-state index contributed by atoms with van der Waals surface area (Å²) in [6.07, 6.45) is 0.832. The van der Waals surface area contributed by atoms with Gasteiger partial charge in [0.2, 0.25) is 5.91 Å². The summed E-state index contributed by atoms with van der Waals surface area (Å²) < 4.78 is 29.8. The van der Waals surface area contributed by atoms with Gasteiger partial charge in [-0.1, -0.05) is 6.07 Å². The van der Waals surface area contributed by atoms with E-state index < -0.39 is 0 Å². The number of carbonyl (C=O) groups excluding carboxylic acids is 1. The Morgan fingerprint density at radius 2 is 2.00 bits per heavy atom. The molecular formula is C20H23FN2O4. The number of likely N-dealkylation sites (N-methyl/N-ethyl adjacent to an activating group) is 1. The van der Waals surface area contributed by atoms with Crippen LogP contribution >= 0.6 is 0 Å². The lowest BCUT2D eigenvalue weighted by atomic mass is 10.2. The molecule has 2 aromatic rings. The number of halogens is 1. The molecule has 0 saturated heterocycles. The van der Waals surface area contributed by atoms with Crippen molar-refractivity contribution in [1.82, 2.24) is 4.90 Å². The van der Waals surface area contributed by atoms with E-state index in [1.54, 1.807) is 30.3 Å². The molecule has 0 atom stereocenters. The lowest BCUT2D eigenvalue weighted by Gasteiger charge is -2.17. The Labute approximate surface area is 157 Å². The zero-order valence-corrected chi connectivity index (χ0v) is 15.2.